The van der Waals surface area contributed by atoms with E-state index in [1.165, 1.54) is 6.20 Å². The molecule has 7 heteroatoms. The number of pyridine rings is 1. The molecule has 0 aromatic carbocycles. The standard InChI is InChI=1S/C17H16N6O/c1-12-16(10-19-13(2)21-12)17(24)22-14-6-8-23(20-9-14)11-15-5-3-4-7-18-15/h3-10H,11H2,1-2H3. The molecule has 0 aliphatic carbocycles. The van der Waals surface area contributed by atoms with Crippen molar-refractivity contribution in [2.24, 2.45) is 4.99 Å². The summed E-state index contributed by atoms with van der Waals surface area (Å²) in [6.07, 6.45) is 6.55. The van der Waals surface area contributed by atoms with Crippen LogP contribution in [0.2, 0.25) is 0 Å². The number of hydrogen-bond acceptors (Lipinski definition) is 5. The second-order valence-corrected chi connectivity index (χ2v) is 5.24. The zero-order chi connectivity index (χ0) is 16.9. The second kappa shape index (κ2) is 6.91. The van der Waals surface area contributed by atoms with Crippen molar-refractivity contribution in [3.05, 3.63) is 77.2 Å². The molecular formula is C17H16N6O. The van der Waals surface area contributed by atoms with E-state index in [1.807, 2.05) is 18.2 Å². The fourth-order valence-corrected chi connectivity index (χ4v) is 2.17. The number of carbonyl (C=O) groups excluding carboxylic acids is 1. The summed E-state index contributed by atoms with van der Waals surface area (Å²) in [5.41, 5.74) is 1.92. The van der Waals surface area contributed by atoms with E-state index in [9.17, 15) is 4.79 Å². The maximum atomic E-state index is 12.2. The van der Waals surface area contributed by atoms with E-state index < -0.39 is 0 Å². The highest BCUT2D eigenvalue weighted by atomic mass is 16.1. The Hall–Kier alpha value is -3.22. The first-order valence-electron chi connectivity index (χ1n) is 7.44. The Morgan fingerprint density at radius 1 is 1.17 bits per heavy atom. The van der Waals surface area contributed by atoms with Crippen molar-refractivity contribution >= 4 is 5.91 Å². The number of aryl methyl sites for hydroxylation is 2. The topological polar surface area (TPSA) is 85.9 Å². The SMILES string of the molecule is Cc1ncc(C(=O)N=c2ccn(Cc3ccccn3)nc2)c(C)n1. The van der Waals surface area contributed by atoms with Gasteiger partial charge in [-0.3, -0.25) is 14.5 Å². The van der Waals surface area contributed by atoms with Gasteiger partial charge in [0.25, 0.3) is 5.91 Å². The number of carbonyl (C=O) groups is 1. The molecule has 0 saturated carbocycles. The fraction of sp³-hybridized carbons (Fsp3) is 0.176. The number of aromatic nitrogens is 5. The molecule has 3 heterocycles. The molecule has 3 aromatic rings. The Kier molecular flexibility index (Phi) is 4.51. The van der Waals surface area contributed by atoms with Gasteiger partial charge in [-0.2, -0.15) is 5.10 Å². The molecule has 3 aromatic heterocycles. The van der Waals surface area contributed by atoms with E-state index in [1.54, 1.807) is 43.2 Å². The van der Waals surface area contributed by atoms with Gasteiger partial charge in [0, 0.05) is 18.6 Å². The van der Waals surface area contributed by atoms with Crippen LogP contribution in [0, 0.1) is 13.8 Å². The van der Waals surface area contributed by atoms with Crippen molar-refractivity contribution in [3.8, 4) is 0 Å². The van der Waals surface area contributed by atoms with E-state index in [0.29, 0.717) is 29.0 Å². The number of rotatable bonds is 3. The summed E-state index contributed by atoms with van der Waals surface area (Å²) in [5, 5.41) is 4.74. The highest BCUT2D eigenvalue weighted by Gasteiger charge is 2.09. The smallest absolute Gasteiger partial charge is 0.267 e. The summed E-state index contributed by atoms with van der Waals surface area (Å²) in [7, 11) is 0. The predicted molar refractivity (Wildman–Crippen MR) is 87.0 cm³/mol. The summed E-state index contributed by atoms with van der Waals surface area (Å²) in [4.78, 5) is 28.8. The lowest BCUT2D eigenvalue weighted by Crippen LogP contribution is -2.14. The van der Waals surface area contributed by atoms with Crippen molar-refractivity contribution in [2.75, 3.05) is 0 Å². The third kappa shape index (κ3) is 3.75. The highest BCUT2D eigenvalue weighted by molar-refractivity contribution is 5.95. The van der Waals surface area contributed by atoms with Crippen LogP contribution in [0.3, 0.4) is 0 Å². The molecule has 24 heavy (non-hydrogen) atoms. The van der Waals surface area contributed by atoms with Gasteiger partial charge in [0.1, 0.15) is 5.82 Å². The number of hydrogen-bond donors (Lipinski definition) is 0. The molecule has 0 aliphatic heterocycles. The zero-order valence-corrected chi connectivity index (χ0v) is 13.4. The van der Waals surface area contributed by atoms with Crippen LogP contribution in [0.15, 0.2) is 54.0 Å². The van der Waals surface area contributed by atoms with Gasteiger partial charge in [0.05, 0.1) is 35.1 Å². The predicted octanol–water partition coefficient (Wildman–Crippen LogP) is 1.47. The minimum atomic E-state index is -0.378. The van der Waals surface area contributed by atoms with Crippen molar-refractivity contribution in [1.82, 2.24) is 24.7 Å². The van der Waals surface area contributed by atoms with Crippen LogP contribution in [0.1, 0.15) is 27.6 Å². The minimum absolute atomic E-state index is 0.378. The maximum Gasteiger partial charge on any atom is 0.281 e. The van der Waals surface area contributed by atoms with Crippen LogP contribution in [0.25, 0.3) is 0 Å². The van der Waals surface area contributed by atoms with Crippen LogP contribution in [0.4, 0.5) is 0 Å². The van der Waals surface area contributed by atoms with Gasteiger partial charge in [0.15, 0.2) is 0 Å². The molecule has 0 bridgehead atoms. The molecule has 0 radical (unpaired) electrons. The first-order chi connectivity index (χ1) is 11.6. The van der Waals surface area contributed by atoms with Crippen LogP contribution < -0.4 is 5.36 Å². The number of nitrogens with zero attached hydrogens (tertiary/aromatic N) is 6. The van der Waals surface area contributed by atoms with E-state index in [-0.39, 0.29) is 5.91 Å². The Labute approximate surface area is 138 Å². The van der Waals surface area contributed by atoms with Crippen molar-refractivity contribution in [2.45, 2.75) is 20.4 Å². The van der Waals surface area contributed by atoms with E-state index in [4.69, 9.17) is 0 Å². The molecule has 0 spiro atoms. The van der Waals surface area contributed by atoms with E-state index >= 15 is 0 Å². The molecule has 0 aliphatic rings. The molecule has 0 unspecified atom stereocenters. The molecule has 0 atom stereocenters. The summed E-state index contributed by atoms with van der Waals surface area (Å²) in [6, 6.07) is 7.46. The third-order valence-corrected chi connectivity index (χ3v) is 3.37. The average molecular weight is 320 g/mol. The molecule has 3 rings (SSSR count). The van der Waals surface area contributed by atoms with Crippen LogP contribution in [0.5, 0.6) is 0 Å². The van der Waals surface area contributed by atoms with Gasteiger partial charge in [-0.1, -0.05) is 6.07 Å². The summed E-state index contributed by atoms with van der Waals surface area (Å²) in [6.45, 7) is 4.10. The summed E-state index contributed by atoms with van der Waals surface area (Å²) >= 11 is 0. The Bertz CT molecular complexity index is 913. The number of amides is 1. The van der Waals surface area contributed by atoms with Gasteiger partial charge in [0.2, 0.25) is 0 Å². The maximum absolute atomic E-state index is 12.2. The van der Waals surface area contributed by atoms with Crippen molar-refractivity contribution in [1.29, 1.82) is 0 Å². The van der Waals surface area contributed by atoms with Crippen LogP contribution in [-0.2, 0) is 6.54 Å². The molecule has 7 nitrogen and oxygen atoms in total. The third-order valence-electron chi connectivity index (χ3n) is 3.37. The molecule has 0 N–H and O–H groups in total. The first-order valence-corrected chi connectivity index (χ1v) is 7.44. The molecule has 0 saturated heterocycles. The Balaban J connectivity index is 1.79. The average Bonchev–Trinajstić information content (AvgIpc) is 2.57. The van der Waals surface area contributed by atoms with Gasteiger partial charge in [-0.25, -0.2) is 15.0 Å². The molecule has 120 valence electrons. The van der Waals surface area contributed by atoms with Crippen molar-refractivity contribution < 1.29 is 4.79 Å². The Morgan fingerprint density at radius 2 is 2.04 bits per heavy atom. The van der Waals surface area contributed by atoms with Gasteiger partial charge < -0.3 is 0 Å². The quantitative estimate of drug-likeness (QED) is 0.729. The zero-order valence-electron chi connectivity index (χ0n) is 13.4. The lowest BCUT2D eigenvalue weighted by Gasteiger charge is -2.03. The van der Waals surface area contributed by atoms with E-state index in [2.05, 4.69) is 25.0 Å². The first kappa shape index (κ1) is 15.7. The largest absolute Gasteiger partial charge is 0.281 e. The molecular weight excluding hydrogens is 304 g/mol. The summed E-state index contributed by atoms with van der Waals surface area (Å²) < 4.78 is 1.73. The van der Waals surface area contributed by atoms with Gasteiger partial charge in [-0.05, 0) is 32.0 Å². The van der Waals surface area contributed by atoms with Crippen LogP contribution in [-0.4, -0.2) is 30.6 Å². The lowest BCUT2D eigenvalue weighted by atomic mass is 10.2. The normalized spacial score (nSPS) is 11.5. The lowest BCUT2D eigenvalue weighted by molar-refractivity contribution is 0.0997. The molecule has 1 amide bonds. The minimum Gasteiger partial charge on any atom is -0.267 e. The monoisotopic (exact) mass is 320 g/mol. The second-order valence-electron chi connectivity index (χ2n) is 5.24. The summed E-state index contributed by atoms with van der Waals surface area (Å²) in [5.74, 6) is 0.248. The fourth-order valence-electron chi connectivity index (χ4n) is 2.17. The molecule has 0 fully saturated rings. The van der Waals surface area contributed by atoms with E-state index in [0.717, 1.165) is 5.69 Å². The van der Waals surface area contributed by atoms with Gasteiger partial charge in [-0.15, -0.1) is 0 Å². The van der Waals surface area contributed by atoms with Crippen LogP contribution >= 0.6 is 0 Å². The Morgan fingerprint density at radius 3 is 2.71 bits per heavy atom. The van der Waals surface area contributed by atoms with Gasteiger partial charge >= 0.3 is 0 Å². The van der Waals surface area contributed by atoms with Crippen molar-refractivity contribution in [3.63, 3.8) is 0 Å². The highest BCUT2D eigenvalue weighted by Crippen LogP contribution is 2.05.